The molecule has 0 unspecified atom stereocenters. The molecule has 2 heterocycles. The van der Waals surface area contributed by atoms with E-state index in [2.05, 4.69) is 166 Å². The van der Waals surface area contributed by atoms with Crippen LogP contribution in [0.25, 0.3) is 66.1 Å². The SMILES string of the molecule is CC(C)(C)c1ccc2c(c1)c1cc(-c3cccc4c3c3cc(C(C)(C)C)ccc3n4-c3c(C#N)cccc3C#N)ccc1n2-c1ccccc1. The topological polar surface area (TPSA) is 57.4 Å². The molecule has 242 valence electrons. The normalized spacial score (nSPS) is 12.2. The van der Waals surface area contributed by atoms with Gasteiger partial charge in [0, 0.05) is 27.2 Å². The fourth-order valence-corrected chi connectivity index (χ4v) is 7.50. The van der Waals surface area contributed by atoms with Gasteiger partial charge >= 0.3 is 0 Å². The highest BCUT2D eigenvalue weighted by atomic mass is 15.0. The molecule has 4 heteroatoms. The summed E-state index contributed by atoms with van der Waals surface area (Å²) in [6.07, 6.45) is 0. The predicted molar refractivity (Wildman–Crippen MR) is 207 cm³/mol. The maximum absolute atomic E-state index is 10.2. The molecule has 0 N–H and O–H groups in total. The van der Waals surface area contributed by atoms with E-state index in [-0.39, 0.29) is 10.8 Å². The highest BCUT2D eigenvalue weighted by Gasteiger charge is 2.24. The van der Waals surface area contributed by atoms with Gasteiger partial charge in [-0.1, -0.05) is 96.1 Å². The summed E-state index contributed by atoms with van der Waals surface area (Å²) in [5.41, 5.74) is 11.7. The summed E-state index contributed by atoms with van der Waals surface area (Å²) < 4.78 is 4.48. The van der Waals surface area contributed by atoms with Crippen LogP contribution in [0.3, 0.4) is 0 Å². The molecule has 0 saturated carbocycles. The molecule has 50 heavy (non-hydrogen) atoms. The number of fused-ring (bicyclic) bond motifs is 6. The maximum atomic E-state index is 10.2. The summed E-state index contributed by atoms with van der Waals surface area (Å²) >= 11 is 0. The molecule has 8 aromatic rings. The van der Waals surface area contributed by atoms with E-state index in [0.29, 0.717) is 16.8 Å². The lowest BCUT2D eigenvalue weighted by atomic mass is 9.86. The first-order valence-corrected chi connectivity index (χ1v) is 17.2. The van der Waals surface area contributed by atoms with Gasteiger partial charge in [0.05, 0.1) is 38.9 Å². The number of nitriles is 2. The molecule has 8 rings (SSSR count). The summed E-state index contributed by atoms with van der Waals surface area (Å²) in [6.45, 7) is 13.5. The van der Waals surface area contributed by atoms with Crippen molar-refractivity contribution in [3.63, 3.8) is 0 Å². The van der Waals surface area contributed by atoms with Crippen molar-refractivity contribution < 1.29 is 0 Å². The Hall–Kier alpha value is -6.10. The van der Waals surface area contributed by atoms with Crippen molar-refractivity contribution in [2.45, 2.75) is 52.4 Å². The molecular weight excluding hydrogens is 609 g/mol. The minimum absolute atomic E-state index is 0.00710. The fourth-order valence-electron chi connectivity index (χ4n) is 7.50. The molecule has 0 radical (unpaired) electrons. The third kappa shape index (κ3) is 4.80. The zero-order valence-electron chi connectivity index (χ0n) is 29.3. The summed E-state index contributed by atoms with van der Waals surface area (Å²) in [5, 5.41) is 25.1. The van der Waals surface area contributed by atoms with E-state index in [1.54, 1.807) is 18.2 Å². The molecular formula is C46H38N4. The zero-order valence-corrected chi connectivity index (χ0v) is 29.3. The molecule has 0 amide bonds. The van der Waals surface area contributed by atoms with Crippen LogP contribution in [0.15, 0.2) is 121 Å². The minimum atomic E-state index is -0.0666. The zero-order chi connectivity index (χ0) is 34.9. The Morgan fingerprint density at radius 2 is 1.02 bits per heavy atom. The van der Waals surface area contributed by atoms with Gasteiger partial charge in [-0.3, -0.25) is 0 Å². The Morgan fingerprint density at radius 1 is 0.480 bits per heavy atom. The molecule has 0 bridgehead atoms. The number of aromatic nitrogens is 2. The molecule has 0 aliphatic rings. The predicted octanol–water partition coefficient (Wildman–Crippen LogP) is 11.9. The van der Waals surface area contributed by atoms with Crippen LogP contribution in [0.5, 0.6) is 0 Å². The van der Waals surface area contributed by atoms with Crippen LogP contribution < -0.4 is 0 Å². The van der Waals surface area contributed by atoms with E-state index >= 15 is 0 Å². The second-order valence-corrected chi connectivity index (χ2v) is 15.3. The summed E-state index contributed by atoms with van der Waals surface area (Å²) in [5.74, 6) is 0. The smallest absolute Gasteiger partial charge is 0.101 e. The highest BCUT2D eigenvalue weighted by molar-refractivity contribution is 6.18. The van der Waals surface area contributed by atoms with Gasteiger partial charge in [-0.15, -0.1) is 0 Å². The molecule has 2 aromatic heterocycles. The van der Waals surface area contributed by atoms with Crippen LogP contribution in [0.4, 0.5) is 0 Å². The Kier molecular flexibility index (Phi) is 7.00. The molecule has 0 spiro atoms. The Balaban J connectivity index is 1.49. The van der Waals surface area contributed by atoms with Gasteiger partial charge in [0.2, 0.25) is 0 Å². The van der Waals surface area contributed by atoms with Gasteiger partial charge in [-0.2, -0.15) is 10.5 Å². The summed E-state index contributed by atoms with van der Waals surface area (Å²) in [7, 11) is 0. The number of hydrogen-bond donors (Lipinski definition) is 0. The average molecular weight is 647 g/mol. The van der Waals surface area contributed by atoms with Crippen molar-refractivity contribution in [2.75, 3.05) is 0 Å². The standard InChI is InChI=1S/C46H38N4/c1-45(2,3)32-19-22-40-37(25-32)36-24-29(18-21-39(36)49(40)34-14-8-7-9-15-34)35-16-11-17-42-43(35)38-26-33(46(4,5)6)20-23-41(38)50(42)44-30(27-47)12-10-13-31(44)28-48/h7-26H,1-6H3. The summed E-state index contributed by atoms with van der Waals surface area (Å²) in [4.78, 5) is 0. The lowest BCUT2D eigenvalue weighted by Gasteiger charge is -2.19. The van der Waals surface area contributed by atoms with E-state index in [1.807, 2.05) is 0 Å². The van der Waals surface area contributed by atoms with Crippen LogP contribution in [-0.4, -0.2) is 9.13 Å². The number of benzene rings is 6. The van der Waals surface area contributed by atoms with Gasteiger partial charge in [0.15, 0.2) is 0 Å². The number of para-hydroxylation sites is 2. The van der Waals surface area contributed by atoms with Gasteiger partial charge in [0.1, 0.15) is 12.1 Å². The second-order valence-electron chi connectivity index (χ2n) is 15.3. The molecule has 6 aromatic carbocycles. The van der Waals surface area contributed by atoms with Crippen molar-refractivity contribution in [2.24, 2.45) is 0 Å². The Bertz CT molecular complexity index is 2700. The van der Waals surface area contributed by atoms with Crippen molar-refractivity contribution in [3.8, 4) is 34.6 Å². The van der Waals surface area contributed by atoms with Gasteiger partial charge in [0.25, 0.3) is 0 Å². The fraction of sp³-hybridized carbons (Fsp3) is 0.174. The Morgan fingerprint density at radius 3 is 1.62 bits per heavy atom. The van der Waals surface area contributed by atoms with E-state index < -0.39 is 0 Å². The first-order valence-electron chi connectivity index (χ1n) is 17.2. The molecule has 0 atom stereocenters. The molecule has 0 fully saturated rings. The van der Waals surface area contributed by atoms with Crippen molar-refractivity contribution in [1.82, 2.24) is 9.13 Å². The Labute approximate surface area is 293 Å². The highest BCUT2D eigenvalue weighted by Crippen LogP contribution is 2.43. The van der Waals surface area contributed by atoms with Crippen LogP contribution in [0, 0.1) is 22.7 Å². The van der Waals surface area contributed by atoms with E-state index in [9.17, 15) is 10.5 Å². The quantitative estimate of drug-likeness (QED) is 0.192. The molecule has 0 aliphatic heterocycles. The first kappa shape index (κ1) is 31.2. The minimum Gasteiger partial charge on any atom is -0.309 e. The summed E-state index contributed by atoms with van der Waals surface area (Å²) in [6, 6.07) is 47.5. The van der Waals surface area contributed by atoms with Crippen LogP contribution in [0.1, 0.15) is 63.8 Å². The lowest BCUT2D eigenvalue weighted by molar-refractivity contribution is 0.591. The van der Waals surface area contributed by atoms with Crippen molar-refractivity contribution in [1.29, 1.82) is 10.5 Å². The van der Waals surface area contributed by atoms with Crippen molar-refractivity contribution in [3.05, 3.63) is 144 Å². The lowest BCUT2D eigenvalue weighted by Crippen LogP contribution is -2.10. The average Bonchev–Trinajstić information content (AvgIpc) is 3.62. The number of hydrogen-bond acceptors (Lipinski definition) is 2. The van der Waals surface area contributed by atoms with Crippen LogP contribution in [-0.2, 0) is 10.8 Å². The van der Waals surface area contributed by atoms with Crippen LogP contribution >= 0.6 is 0 Å². The van der Waals surface area contributed by atoms with Gasteiger partial charge < -0.3 is 9.13 Å². The largest absolute Gasteiger partial charge is 0.309 e. The van der Waals surface area contributed by atoms with Gasteiger partial charge in [-0.05, 0) is 99.8 Å². The number of nitrogens with zero attached hydrogens (tertiary/aromatic N) is 4. The second kappa shape index (κ2) is 11.2. The van der Waals surface area contributed by atoms with E-state index in [0.717, 1.165) is 44.1 Å². The van der Waals surface area contributed by atoms with Crippen LogP contribution in [0.2, 0.25) is 0 Å². The van der Waals surface area contributed by atoms with E-state index in [4.69, 9.17) is 0 Å². The maximum Gasteiger partial charge on any atom is 0.101 e. The third-order valence-corrected chi connectivity index (χ3v) is 10.1. The molecule has 4 nitrogen and oxygen atoms in total. The van der Waals surface area contributed by atoms with Crippen molar-refractivity contribution >= 4 is 43.6 Å². The number of rotatable bonds is 3. The molecule has 0 saturated heterocycles. The first-order chi connectivity index (χ1) is 24.0. The monoisotopic (exact) mass is 646 g/mol. The third-order valence-electron chi connectivity index (χ3n) is 10.1. The van der Waals surface area contributed by atoms with Gasteiger partial charge in [-0.25, -0.2) is 0 Å². The van der Waals surface area contributed by atoms with E-state index in [1.165, 1.54) is 27.4 Å². The molecule has 0 aliphatic carbocycles.